The van der Waals surface area contributed by atoms with Crippen molar-refractivity contribution in [2.24, 2.45) is 0 Å². The van der Waals surface area contributed by atoms with Crippen LogP contribution in [0.4, 0.5) is 0 Å². The van der Waals surface area contributed by atoms with Crippen LogP contribution in [0, 0.1) is 0 Å². The number of benzene rings is 2. The molecule has 0 saturated carbocycles. The summed E-state index contributed by atoms with van der Waals surface area (Å²) < 4.78 is 5.67. The van der Waals surface area contributed by atoms with Crippen LogP contribution in [0.3, 0.4) is 0 Å². The van der Waals surface area contributed by atoms with Gasteiger partial charge in [-0.1, -0.05) is 37.3 Å². The summed E-state index contributed by atoms with van der Waals surface area (Å²) in [6.45, 7) is 4.02. The van der Waals surface area contributed by atoms with E-state index in [9.17, 15) is 4.79 Å². The van der Waals surface area contributed by atoms with Crippen LogP contribution in [0.15, 0.2) is 46.9 Å². The fourth-order valence-corrected chi connectivity index (χ4v) is 2.30. The van der Waals surface area contributed by atoms with Crippen molar-refractivity contribution in [1.82, 2.24) is 5.32 Å². The van der Waals surface area contributed by atoms with Crippen molar-refractivity contribution in [2.45, 2.75) is 26.3 Å². The number of furan rings is 1. The fraction of sp³-hybridized carbons (Fsp3) is 0.235. The normalized spacial score (nSPS) is 12.7. The fourth-order valence-electron chi connectivity index (χ4n) is 2.30. The second-order valence-corrected chi connectivity index (χ2v) is 5.09. The van der Waals surface area contributed by atoms with Gasteiger partial charge in [-0.15, -0.1) is 0 Å². The molecule has 0 spiro atoms. The summed E-state index contributed by atoms with van der Waals surface area (Å²) in [5, 5.41) is 6.16. The Hall–Kier alpha value is -2.29. The van der Waals surface area contributed by atoms with Crippen LogP contribution in [-0.2, 0) is 0 Å². The molecule has 102 valence electrons. The number of fused-ring (bicyclic) bond motifs is 3. The SMILES string of the molecule is CCC(C)NC(=O)c1cc2c(ccc3ccccc32)o1. The first-order valence-corrected chi connectivity index (χ1v) is 6.91. The average Bonchev–Trinajstić information content (AvgIpc) is 2.91. The molecule has 3 rings (SSSR count). The Kier molecular flexibility index (Phi) is 3.18. The molecule has 2 aromatic carbocycles. The highest BCUT2D eigenvalue weighted by Gasteiger charge is 2.15. The zero-order chi connectivity index (χ0) is 14.1. The Morgan fingerprint density at radius 3 is 2.80 bits per heavy atom. The third-order valence-corrected chi connectivity index (χ3v) is 3.64. The van der Waals surface area contributed by atoms with Crippen molar-refractivity contribution < 1.29 is 9.21 Å². The molecule has 1 amide bonds. The first-order chi connectivity index (χ1) is 9.69. The predicted molar refractivity (Wildman–Crippen MR) is 80.9 cm³/mol. The Balaban J connectivity index is 2.06. The van der Waals surface area contributed by atoms with Crippen molar-refractivity contribution >= 4 is 27.6 Å². The van der Waals surface area contributed by atoms with Gasteiger partial charge < -0.3 is 9.73 Å². The molecule has 0 saturated heterocycles. The first kappa shape index (κ1) is 12.7. The maximum atomic E-state index is 12.1. The van der Waals surface area contributed by atoms with E-state index in [0.717, 1.165) is 28.2 Å². The van der Waals surface area contributed by atoms with Crippen molar-refractivity contribution in [3.8, 4) is 0 Å². The summed E-state index contributed by atoms with van der Waals surface area (Å²) in [4.78, 5) is 12.1. The molecular weight excluding hydrogens is 250 g/mol. The summed E-state index contributed by atoms with van der Waals surface area (Å²) in [5.74, 6) is 0.219. The van der Waals surface area contributed by atoms with Gasteiger partial charge in [0.2, 0.25) is 0 Å². The smallest absolute Gasteiger partial charge is 0.287 e. The van der Waals surface area contributed by atoms with Crippen molar-refractivity contribution in [2.75, 3.05) is 0 Å². The number of rotatable bonds is 3. The summed E-state index contributed by atoms with van der Waals surface area (Å²) in [6.07, 6.45) is 0.898. The molecule has 0 fully saturated rings. The van der Waals surface area contributed by atoms with Crippen molar-refractivity contribution in [3.05, 3.63) is 48.2 Å². The van der Waals surface area contributed by atoms with Crippen LogP contribution in [-0.4, -0.2) is 11.9 Å². The molecule has 3 heteroatoms. The Labute approximate surface area is 117 Å². The number of carbonyl (C=O) groups excluding carboxylic acids is 1. The van der Waals surface area contributed by atoms with Crippen LogP contribution >= 0.6 is 0 Å². The molecule has 3 aromatic rings. The van der Waals surface area contributed by atoms with E-state index in [1.165, 1.54) is 0 Å². The summed E-state index contributed by atoms with van der Waals surface area (Å²) in [5.41, 5.74) is 0.748. The quantitative estimate of drug-likeness (QED) is 0.775. The van der Waals surface area contributed by atoms with Crippen LogP contribution < -0.4 is 5.32 Å². The average molecular weight is 267 g/mol. The lowest BCUT2D eigenvalue weighted by atomic mass is 10.1. The third kappa shape index (κ3) is 2.16. The summed E-state index contributed by atoms with van der Waals surface area (Å²) in [7, 11) is 0. The van der Waals surface area contributed by atoms with E-state index < -0.39 is 0 Å². The van der Waals surface area contributed by atoms with Gasteiger partial charge in [-0.25, -0.2) is 0 Å². The van der Waals surface area contributed by atoms with Gasteiger partial charge >= 0.3 is 0 Å². The topological polar surface area (TPSA) is 42.2 Å². The van der Waals surface area contributed by atoms with Gasteiger partial charge in [-0.3, -0.25) is 4.79 Å². The third-order valence-electron chi connectivity index (χ3n) is 3.64. The van der Waals surface area contributed by atoms with Gasteiger partial charge in [-0.05, 0) is 36.2 Å². The Morgan fingerprint density at radius 1 is 1.20 bits per heavy atom. The zero-order valence-corrected chi connectivity index (χ0v) is 11.6. The van der Waals surface area contributed by atoms with E-state index in [1.54, 1.807) is 0 Å². The van der Waals surface area contributed by atoms with Crippen molar-refractivity contribution in [1.29, 1.82) is 0 Å². The highest BCUT2D eigenvalue weighted by atomic mass is 16.3. The molecule has 0 bridgehead atoms. The molecule has 0 aliphatic heterocycles. The minimum Gasteiger partial charge on any atom is -0.451 e. The van der Waals surface area contributed by atoms with E-state index in [2.05, 4.69) is 11.4 Å². The van der Waals surface area contributed by atoms with E-state index in [0.29, 0.717) is 5.76 Å². The number of carbonyl (C=O) groups is 1. The second kappa shape index (κ2) is 5.00. The van der Waals surface area contributed by atoms with Gasteiger partial charge in [0.05, 0.1) is 0 Å². The molecule has 20 heavy (non-hydrogen) atoms. The lowest BCUT2D eigenvalue weighted by Gasteiger charge is -2.08. The highest BCUT2D eigenvalue weighted by molar-refractivity contribution is 6.08. The standard InChI is InChI=1S/C17H17NO2/c1-3-11(2)18-17(19)16-10-14-13-7-5-4-6-12(13)8-9-15(14)20-16/h4-11H,3H2,1-2H3,(H,18,19). The van der Waals surface area contributed by atoms with Gasteiger partial charge in [0.25, 0.3) is 5.91 Å². The zero-order valence-electron chi connectivity index (χ0n) is 11.6. The lowest BCUT2D eigenvalue weighted by molar-refractivity contribution is 0.0913. The molecule has 0 aliphatic rings. The van der Waals surface area contributed by atoms with Crippen LogP contribution in [0.2, 0.25) is 0 Å². The van der Waals surface area contributed by atoms with Crippen molar-refractivity contribution in [3.63, 3.8) is 0 Å². The molecule has 3 nitrogen and oxygen atoms in total. The van der Waals surface area contributed by atoms with Crippen LogP contribution in [0.25, 0.3) is 21.7 Å². The Bertz CT molecular complexity index is 773. The lowest BCUT2D eigenvalue weighted by Crippen LogP contribution is -2.31. The van der Waals surface area contributed by atoms with E-state index in [-0.39, 0.29) is 11.9 Å². The van der Waals surface area contributed by atoms with Crippen LogP contribution in [0.1, 0.15) is 30.8 Å². The first-order valence-electron chi connectivity index (χ1n) is 6.91. The van der Waals surface area contributed by atoms with E-state index in [4.69, 9.17) is 4.42 Å². The molecule has 0 aliphatic carbocycles. The molecule has 1 aromatic heterocycles. The molecule has 1 N–H and O–H groups in total. The molecule has 1 atom stereocenters. The molecular formula is C17H17NO2. The van der Waals surface area contributed by atoms with Gasteiger partial charge in [0.15, 0.2) is 5.76 Å². The second-order valence-electron chi connectivity index (χ2n) is 5.09. The molecule has 1 unspecified atom stereocenters. The maximum absolute atomic E-state index is 12.1. The molecule has 0 radical (unpaired) electrons. The number of amides is 1. The minimum absolute atomic E-state index is 0.146. The largest absolute Gasteiger partial charge is 0.451 e. The van der Waals surface area contributed by atoms with Crippen LogP contribution in [0.5, 0.6) is 0 Å². The summed E-state index contributed by atoms with van der Waals surface area (Å²) in [6, 6.07) is 14.0. The summed E-state index contributed by atoms with van der Waals surface area (Å²) >= 11 is 0. The number of nitrogens with one attached hydrogen (secondary N) is 1. The highest BCUT2D eigenvalue weighted by Crippen LogP contribution is 2.28. The maximum Gasteiger partial charge on any atom is 0.287 e. The number of hydrogen-bond donors (Lipinski definition) is 1. The van der Waals surface area contributed by atoms with Gasteiger partial charge in [0, 0.05) is 11.4 Å². The monoisotopic (exact) mass is 267 g/mol. The van der Waals surface area contributed by atoms with E-state index >= 15 is 0 Å². The van der Waals surface area contributed by atoms with E-state index in [1.807, 2.05) is 50.2 Å². The molecule has 1 heterocycles. The predicted octanol–water partition coefficient (Wildman–Crippen LogP) is 4.11. The number of hydrogen-bond acceptors (Lipinski definition) is 2. The van der Waals surface area contributed by atoms with Gasteiger partial charge in [-0.2, -0.15) is 0 Å². The van der Waals surface area contributed by atoms with Gasteiger partial charge in [0.1, 0.15) is 5.58 Å². The Morgan fingerprint density at radius 2 is 2.00 bits per heavy atom. The minimum atomic E-state index is -0.153.